The minimum atomic E-state index is -2.83. The van der Waals surface area contributed by atoms with Crippen molar-refractivity contribution < 1.29 is 8.42 Å². The number of hydrogen-bond acceptors (Lipinski definition) is 6. The van der Waals surface area contributed by atoms with Crippen LogP contribution in [0.15, 0.2) is 0 Å². The number of nitrogen functional groups attached to an aromatic ring is 1. The molecule has 2 aliphatic rings. The summed E-state index contributed by atoms with van der Waals surface area (Å²) < 4.78 is 22.9. The van der Waals surface area contributed by atoms with Crippen molar-refractivity contribution in [3.8, 4) is 0 Å². The Labute approximate surface area is 119 Å². The van der Waals surface area contributed by atoms with Gasteiger partial charge in [-0.15, -0.1) is 0 Å². The summed E-state index contributed by atoms with van der Waals surface area (Å²) in [6, 6.07) is 0. The van der Waals surface area contributed by atoms with Crippen molar-refractivity contribution in [1.82, 2.24) is 9.97 Å². The van der Waals surface area contributed by atoms with Crippen LogP contribution >= 0.6 is 0 Å². The summed E-state index contributed by atoms with van der Waals surface area (Å²) in [7, 11) is -2.83. The fourth-order valence-electron chi connectivity index (χ4n) is 2.52. The van der Waals surface area contributed by atoms with Crippen molar-refractivity contribution in [2.24, 2.45) is 5.92 Å². The second kappa shape index (κ2) is 4.87. The number of nitrogens with one attached hydrogen (secondary N) is 1. The third-order valence-corrected chi connectivity index (χ3v) is 5.87. The van der Waals surface area contributed by atoms with Crippen LogP contribution in [0.4, 0.5) is 11.6 Å². The van der Waals surface area contributed by atoms with Gasteiger partial charge in [0.2, 0.25) is 0 Å². The van der Waals surface area contributed by atoms with E-state index >= 15 is 0 Å². The summed E-state index contributed by atoms with van der Waals surface area (Å²) in [5.41, 5.74) is 6.77. The first kappa shape index (κ1) is 13.6. The molecule has 1 aromatic heterocycles. The number of nitrogens with two attached hydrogens (primary N) is 1. The second-order valence-electron chi connectivity index (χ2n) is 5.86. The van der Waals surface area contributed by atoms with Gasteiger partial charge in [-0.2, -0.15) is 0 Å². The number of aromatic nitrogens is 2. The van der Waals surface area contributed by atoms with Gasteiger partial charge in [-0.1, -0.05) is 0 Å². The van der Waals surface area contributed by atoms with E-state index in [2.05, 4.69) is 15.3 Å². The van der Waals surface area contributed by atoms with Crippen LogP contribution < -0.4 is 11.1 Å². The molecule has 2 heterocycles. The minimum absolute atomic E-state index is 0.167. The lowest BCUT2D eigenvalue weighted by molar-refractivity contribution is 0.595. The normalized spacial score (nSPS) is 24.8. The number of rotatable bonds is 4. The number of sulfone groups is 1. The molecule has 3 rings (SSSR count). The molecule has 20 heavy (non-hydrogen) atoms. The number of nitrogens with zero attached hydrogens (tertiary/aromatic N) is 2. The van der Waals surface area contributed by atoms with Gasteiger partial charge in [-0.25, -0.2) is 18.4 Å². The van der Waals surface area contributed by atoms with E-state index in [0.29, 0.717) is 24.0 Å². The molecule has 2 fully saturated rings. The minimum Gasteiger partial charge on any atom is -0.383 e. The van der Waals surface area contributed by atoms with Crippen molar-refractivity contribution in [1.29, 1.82) is 0 Å². The molecule has 3 N–H and O–H groups in total. The quantitative estimate of drug-likeness (QED) is 0.863. The molecule has 6 nitrogen and oxygen atoms in total. The van der Waals surface area contributed by atoms with E-state index in [1.807, 2.05) is 6.92 Å². The van der Waals surface area contributed by atoms with Gasteiger partial charge in [0.1, 0.15) is 17.5 Å². The fourth-order valence-corrected chi connectivity index (χ4v) is 4.38. The van der Waals surface area contributed by atoms with Crippen LogP contribution in [-0.2, 0) is 9.84 Å². The molecule has 1 saturated heterocycles. The zero-order valence-corrected chi connectivity index (χ0v) is 12.4. The van der Waals surface area contributed by atoms with E-state index in [-0.39, 0.29) is 11.7 Å². The number of anilines is 2. The molecular formula is C13H20N4O2S. The molecule has 1 aliphatic heterocycles. The molecule has 0 spiro atoms. The summed E-state index contributed by atoms with van der Waals surface area (Å²) >= 11 is 0. The molecule has 1 aromatic rings. The molecule has 0 bridgehead atoms. The summed E-state index contributed by atoms with van der Waals surface area (Å²) in [5, 5.41) is 3.26. The van der Waals surface area contributed by atoms with Crippen molar-refractivity contribution in [2.45, 2.75) is 32.1 Å². The van der Waals surface area contributed by atoms with E-state index in [0.717, 1.165) is 36.5 Å². The van der Waals surface area contributed by atoms with E-state index < -0.39 is 9.84 Å². The van der Waals surface area contributed by atoms with Gasteiger partial charge in [-0.3, -0.25) is 0 Å². The highest BCUT2D eigenvalue weighted by atomic mass is 32.2. The van der Waals surface area contributed by atoms with Crippen LogP contribution in [0, 0.1) is 12.8 Å². The second-order valence-corrected chi connectivity index (χ2v) is 8.09. The summed E-state index contributed by atoms with van der Waals surface area (Å²) in [5.74, 6) is 3.28. The molecule has 0 amide bonds. The van der Waals surface area contributed by atoms with Gasteiger partial charge in [0.25, 0.3) is 0 Å². The van der Waals surface area contributed by atoms with E-state index in [1.165, 1.54) is 0 Å². The smallest absolute Gasteiger partial charge is 0.150 e. The maximum absolute atomic E-state index is 11.5. The molecule has 0 aromatic carbocycles. The van der Waals surface area contributed by atoms with E-state index in [1.54, 1.807) is 0 Å². The lowest BCUT2D eigenvalue weighted by Crippen LogP contribution is -2.18. The van der Waals surface area contributed by atoms with Gasteiger partial charge in [0, 0.05) is 18.0 Å². The zero-order valence-electron chi connectivity index (χ0n) is 11.6. The molecular weight excluding hydrogens is 276 g/mol. The average molecular weight is 296 g/mol. The van der Waals surface area contributed by atoms with Crippen LogP contribution in [0.1, 0.15) is 36.6 Å². The molecule has 110 valence electrons. The maximum Gasteiger partial charge on any atom is 0.150 e. The van der Waals surface area contributed by atoms with Crippen LogP contribution in [0.5, 0.6) is 0 Å². The lowest BCUT2D eigenvalue weighted by atomic mass is 10.1. The van der Waals surface area contributed by atoms with Gasteiger partial charge < -0.3 is 11.1 Å². The third-order valence-electron chi connectivity index (χ3n) is 4.03. The first-order chi connectivity index (χ1) is 9.44. The summed E-state index contributed by atoms with van der Waals surface area (Å²) in [4.78, 5) is 8.87. The maximum atomic E-state index is 11.5. The molecule has 1 saturated carbocycles. The van der Waals surface area contributed by atoms with Gasteiger partial charge in [0.15, 0.2) is 9.84 Å². The number of hydrogen-bond donors (Lipinski definition) is 2. The van der Waals surface area contributed by atoms with Gasteiger partial charge in [-0.05, 0) is 32.1 Å². The van der Waals surface area contributed by atoms with Crippen molar-refractivity contribution in [2.75, 3.05) is 29.1 Å². The first-order valence-electron chi connectivity index (χ1n) is 7.03. The van der Waals surface area contributed by atoms with Gasteiger partial charge >= 0.3 is 0 Å². The largest absolute Gasteiger partial charge is 0.383 e. The summed E-state index contributed by atoms with van der Waals surface area (Å²) in [6.07, 6.45) is 2.98. The Kier molecular flexibility index (Phi) is 3.32. The SMILES string of the molecule is Cc1c(N)nc(C2CC2)nc1NCC1CCS(=O)(=O)C1. The first-order valence-corrected chi connectivity index (χ1v) is 8.85. The Morgan fingerprint density at radius 1 is 1.30 bits per heavy atom. The topological polar surface area (TPSA) is 98.0 Å². The third kappa shape index (κ3) is 2.87. The Hall–Kier alpha value is -1.37. The van der Waals surface area contributed by atoms with Crippen LogP contribution in [0.25, 0.3) is 0 Å². The molecule has 1 unspecified atom stereocenters. The van der Waals surface area contributed by atoms with Crippen molar-refractivity contribution in [3.63, 3.8) is 0 Å². The average Bonchev–Trinajstić information content (AvgIpc) is 3.16. The van der Waals surface area contributed by atoms with Crippen LogP contribution in [0.3, 0.4) is 0 Å². The monoisotopic (exact) mass is 296 g/mol. The Morgan fingerprint density at radius 2 is 2.05 bits per heavy atom. The predicted molar refractivity (Wildman–Crippen MR) is 78.4 cm³/mol. The van der Waals surface area contributed by atoms with Crippen LogP contribution in [-0.4, -0.2) is 36.4 Å². The Morgan fingerprint density at radius 3 is 2.65 bits per heavy atom. The highest BCUT2D eigenvalue weighted by molar-refractivity contribution is 7.91. The highest BCUT2D eigenvalue weighted by Gasteiger charge is 2.29. The van der Waals surface area contributed by atoms with E-state index in [4.69, 9.17) is 5.73 Å². The fraction of sp³-hybridized carbons (Fsp3) is 0.692. The summed E-state index contributed by atoms with van der Waals surface area (Å²) in [6.45, 7) is 2.51. The lowest BCUT2D eigenvalue weighted by Gasteiger charge is -2.14. The molecule has 1 aliphatic carbocycles. The molecule has 0 radical (unpaired) electrons. The van der Waals surface area contributed by atoms with Crippen molar-refractivity contribution >= 4 is 21.5 Å². The Bertz CT molecular complexity index is 626. The standard InChI is InChI=1S/C13H20N4O2S/c1-8-11(14)16-13(10-2-3-10)17-12(8)15-6-9-4-5-20(18,19)7-9/h9-10H,2-7H2,1H3,(H3,14,15,16,17). The highest BCUT2D eigenvalue weighted by Crippen LogP contribution is 2.39. The predicted octanol–water partition coefficient (Wildman–Crippen LogP) is 1.09. The molecule has 1 atom stereocenters. The zero-order chi connectivity index (χ0) is 14.3. The van der Waals surface area contributed by atoms with E-state index in [9.17, 15) is 8.42 Å². The Balaban J connectivity index is 1.70. The van der Waals surface area contributed by atoms with Gasteiger partial charge in [0.05, 0.1) is 11.5 Å². The molecule has 7 heteroatoms. The van der Waals surface area contributed by atoms with Crippen LogP contribution in [0.2, 0.25) is 0 Å². The van der Waals surface area contributed by atoms with Crippen molar-refractivity contribution in [3.05, 3.63) is 11.4 Å².